The average molecular weight is 509 g/mol. The van der Waals surface area contributed by atoms with E-state index < -0.39 is 16.4 Å². The van der Waals surface area contributed by atoms with Gasteiger partial charge in [0.1, 0.15) is 11.4 Å². The third-order valence-electron chi connectivity index (χ3n) is 5.82. The number of nitrogens with zero attached hydrogens (tertiary/aromatic N) is 5. The fourth-order valence-corrected chi connectivity index (χ4v) is 3.99. The van der Waals surface area contributed by atoms with Gasteiger partial charge < -0.3 is 19.5 Å². The Hall–Kier alpha value is -4.54. The highest BCUT2D eigenvalue weighted by Crippen LogP contribution is 2.37. The van der Waals surface area contributed by atoms with Gasteiger partial charge in [-0.2, -0.15) is 4.39 Å². The van der Waals surface area contributed by atoms with Crippen LogP contribution in [-0.2, 0) is 11.8 Å². The van der Waals surface area contributed by atoms with Crippen LogP contribution in [0.2, 0.25) is 0 Å². The van der Waals surface area contributed by atoms with E-state index in [1.807, 2.05) is 42.1 Å². The molecule has 4 rings (SSSR count). The van der Waals surface area contributed by atoms with Crippen molar-refractivity contribution < 1.29 is 18.8 Å². The number of aromatic nitrogens is 3. The topological polar surface area (TPSA) is 115 Å². The summed E-state index contributed by atoms with van der Waals surface area (Å²) in [4.78, 5) is 33.8. The molecule has 1 amide bonds. The molecule has 0 spiro atoms. The number of fused-ring (bicyclic) bond motifs is 1. The van der Waals surface area contributed by atoms with Crippen molar-refractivity contribution in [3.63, 3.8) is 0 Å². The first kappa shape index (κ1) is 27.1. The largest absolute Gasteiger partial charge is 0.494 e. The predicted molar refractivity (Wildman–Crippen MR) is 142 cm³/mol. The van der Waals surface area contributed by atoms with Crippen LogP contribution in [-0.4, -0.2) is 39.5 Å². The lowest BCUT2D eigenvalue weighted by molar-refractivity contribution is -0.387. The van der Waals surface area contributed by atoms with E-state index in [2.05, 4.69) is 15.3 Å². The molecule has 2 aromatic heterocycles. The maximum Gasteiger partial charge on any atom is 0.307 e. The minimum Gasteiger partial charge on any atom is -0.494 e. The Kier molecular flexibility index (Phi) is 7.76. The van der Waals surface area contributed by atoms with Crippen molar-refractivity contribution in [2.24, 2.45) is 13.0 Å². The van der Waals surface area contributed by atoms with Crippen molar-refractivity contribution in [1.82, 2.24) is 14.5 Å². The lowest BCUT2D eigenvalue weighted by Gasteiger charge is -2.22. The van der Waals surface area contributed by atoms with Gasteiger partial charge in [0, 0.05) is 54.8 Å². The summed E-state index contributed by atoms with van der Waals surface area (Å²) in [5.41, 5.74) is 2.12. The van der Waals surface area contributed by atoms with Gasteiger partial charge in [-0.3, -0.25) is 14.9 Å². The van der Waals surface area contributed by atoms with Crippen LogP contribution in [0, 0.1) is 21.8 Å². The van der Waals surface area contributed by atoms with E-state index in [1.165, 1.54) is 18.2 Å². The zero-order valence-corrected chi connectivity index (χ0v) is 20.4. The number of para-hydroxylation sites is 1. The molecule has 1 N–H and O–H groups in total. The van der Waals surface area contributed by atoms with E-state index in [9.17, 15) is 19.3 Å². The summed E-state index contributed by atoms with van der Waals surface area (Å²) in [6.07, 6.45) is 3.43. The molecule has 0 bridgehead atoms. The number of nitrogens with one attached hydrogen (secondary N) is 1. The van der Waals surface area contributed by atoms with Crippen LogP contribution < -0.4 is 15.0 Å². The highest BCUT2D eigenvalue weighted by Gasteiger charge is 2.24. The van der Waals surface area contributed by atoms with E-state index in [-0.39, 0.29) is 36.6 Å². The van der Waals surface area contributed by atoms with E-state index in [0.717, 1.165) is 28.6 Å². The fourth-order valence-electron chi connectivity index (χ4n) is 3.99. The molecule has 0 saturated heterocycles. The molecule has 11 heteroatoms. The fraction of sp³-hybridized carbons (Fsp3) is 0.269. The average Bonchev–Trinajstić information content (AvgIpc) is 3.20. The summed E-state index contributed by atoms with van der Waals surface area (Å²) < 4.78 is 21.3. The smallest absolute Gasteiger partial charge is 0.307 e. The summed E-state index contributed by atoms with van der Waals surface area (Å²) in [5.74, 6) is -1.26. The number of halogens is 1. The Balaban J connectivity index is 0.00000380. The lowest BCUT2D eigenvalue weighted by Crippen LogP contribution is -2.31. The second-order valence-corrected chi connectivity index (χ2v) is 8.54. The van der Waals surface area contributed by atoms with Gasteiger partial charge in [0.15, 0.2) is 0 Å². The van der Waals surface area contributed by atoms with Gasteiger partial charge in [-0.25, -0.2) is 9.97 Å². The van der Waals surface area contributed by atoms with Crippen molar-refractivity contribution in [3.05, 3.63) is 64.7 Å². The Morgan fingerprint density at radius 1 is 1.27 bits per heavy atom. The Morgan fingerprint density at radius 2 is 1.97 bits per heavy atom. The van der Waals surface area contributed by atoms with Crippen LogP contribution in [0.25, 0.3) is 22.2 Å². The van der Waals surface area contributed by atoms with E-state index in [4.69, 9.17) is 4.74 Å². The van der Waals surface area contributed by atoms with E-state index >= 15 is 0 Å². The highest BCUT2D eigenvalue weighted by molar-refractivity contribution is 6.02. The zero-order chi connectivity index (χ0) is 26.1. The number of hydrogen-bond donors (Lipinski definition) is 1. The molecule has 194 valence electrons. The number of carbonyl (C=O) groups excluding carboxylic acids is 1. The second kappa shape index (κ2) is 10.6. The summed E-state index contributed by atoms with van der Waals surface area (Å²) in [7, 11) is 4.90. The number of amides is 1. The molecule has 0 radical (unpaired) electrons. The zero-order valence-electron chi connectivity index (χ0n) is 20.4. The van der Waals surface area contributed by atoms with E-state index in [0.29, 0.717) is 11.4 Å². The molecule has 0 saturated carbocycles. The lowest BCUT2D eigenvalue weighted by atomic mass is 10.1. The maximum absolute atomic E-state index is 14.1. The molecule has 37 heavy (non-hydrogen) atoms. The summed E-state index contributed by atoms with van der Waals surface area (Å²) >= 11 is 0. The molecule has 2 heterocycles. The molecular weight excluding hydrogens is 479 g/mol. The van der Waals surface area contributed by atoms with Crippen molar-refractivity contribution in [2.45, 2.75) is 21.3 Å². The number of hydrogen-bond acceptors (Lipinski definition) is 7. The number of aryl methyl sites for hydroxylation is 1. The second-order valence-electron chi connectivity index (χ2n) is 8.54. The first-order chi connectivity index (χ1) is 17.1. The molecule has 4 aromatic rings. The monoisotopic (exact) mass is 508 g/mol. The van der Waals surface area contributed by atoms with Gasteiger partial charge in [-0.15, -0.1) is 0 Å². The van der Waals surface area contributed by atoms with Crippen LogP contribution in [0.1, 0.15) is 21.3 Å². The first-order valence-corrected chi connectivity index (χ1v) is 11.1. The SMILES string of the molecule is C.COc1cc(F)c([N+](=O)[O-])cc1Nc1ncc(N(C)C(=O)C(C)C)c(-c2cn(C)c3ccccc23)n1. The van der Waals surface area contributed by atoms with E-state index in [1.54, 1.807) is 20.9 Å². The third kappa shape index (κ3) is 5.06. The molecule has 0 atom stereocenters. The van der Waals surface area contributed by atoms with Gasteiger partial charge in [0.05, 0.1) is 29.6 Å². The number of carbonyl (C=O) groups is 1. The van der Waals surface area contributed by atoms with Gasteiger partial charge in [0.2, 0.25) is 17.7 Å². The van der Waals surface area contributed by atoms with Gasteiger partial charge >= 0.3 is 5.69 Å². The molecule has 0 aliphatic heterocycles. The van der Waals surface area contributed by atoms with Gasteiger partial charge in [-0.05, 0) is 6.07 Å². The van der Waals surface area contributed by atoms with Crippen LogP contribution in [0.5, 0.6) is 5.75 Å². The predicted octanol–water partition coefficient (Wildman–Crippen LogP) is 5.69. The molecular formula is C26H29FN6O4. The van der Waals surface area contributed by atoms with Crippen molar-refractivity contribution in [3.8, 4) is 17.0 Å². The third-order valence-corrected chi connectivity index (χ3v) is 5.82. The number of methoxy groups -OCH3 is 1. The molecule has 0 aliphatic carbocycles. The quantitative estimate of drug-likeness (QED) is 0.252. The summed E-state index contributed by atoms with van der Waals surface area (Å²) in [6, 6.07) is 9.73. The Labute approximate surface area is 213 Å². The molecule has 10 nitrogen and oxygen atoms in total. The minimum atomic E-state index is -1.02. The molecule has 2 aromatic carbocycles. The first-order valence-electron chi connectivity index (χ1n) is 11.1. The van der Waals surface area contributed by atoms with Crippen molar-refractivity contribution in [2.75, 3.05) is 24.4 Å². The molecule has 0 aliphatic rings. The number of anilines is 3. The van der Waals surface area contributed by atoms with Crippen LogP contribution in [0.4, 0.5) is 27.4 Å². The summed E-state index contributed by atoms with van der Waals surface area (Å²) in [5, 5.41) is 15.1. The molecule has 0 unspecified atom stereocenters. The highest BCUT2D eigenvalue weighted by atomic mass is 19.1. The Bertz CT molecular complexity index is 1480. The van der Waals surface area contributed by atoms with Gasteiger partial charge in [0.25, 0.3) is 0 Å². The Morgan fingerprint density at radius 3 is 2.62 bits per heavy atom. The standard InChI is InChI=1S/C25H25FN6O4.CH4/c1-14(2)24(33)31(4)21-12-27-25(28-18-11-20(32(34)35)17(26)10-22(18)36-5)29-23(21)16-13-30(3)19-9-7-6-8-15(16)19;/h6-14H,1-5H3,(H,27,28,29);1H4. The van der Waals surface area contributed by atoms with Crippen LogP contribution >= 0.6 is 0 Å². The number of ether oxygens (including phenoxy) is 1. The number of nitro benzene ring substituents is 1. The van der Waals surface area contributed by atoms with Gasteiger partial charge in [-0.1, -0.05) is 39.5 Å². The van der Waals surface area contributed by atoms with Crippen LogP contribution in [0.15, 0.2) is 48.8 Å². The van der Waals surface area contributed by atoms with Crippen molar-refractivity contribution in [1.29, 1.82) is 0 Å². The van der Waals surface area contributed by atoms with Crippen molar-refractivity contribution >= 4 is 39.8 Å². The van der Waals surface area contributed by atoms with Crippen LogP contribution in [0.3, 0.4) is 0 Å². The number of rotatable bonds is 7. The molecule has 0 fully saturated rings. The normalized spacial score (nSPS) is 10.8. The number of nitro groups is 1. The maximum atomic E-state index is 14.1. The number of benzene rings is 2. The summed E-state index contributed by atoms with van der Waals surface area (Å²) in [6.45, 7) is 3.61. The minimum absolute atomic E-state index is 0.